The van der Waals surface area contributed by atoms with Crippen molar-refractivity contribution in [1.82, 2.24) is 4.90 Å². The van der Waals surface area contributed by atoms with Crippen LogP contribution in [0.1, 0.15) is 37.0 Å². The van der Waals surface area contributed by atoms with E-state index < -0.39 is 41.7 Å². The number of hydrogen-bond acceptors (Lipinski definition) is 10. The van der Waals surface area contributed by atoms with Gasteiger partial charge in [-0.2, -0.15) is 4.89 Å². The second-order valence-electron chi connectivity index (χ2n) is 11.8. The van der Waals surface area contributed by atoms with E-state index in [0.29, 0.717) is 29.7 Å². The lowest BCUT2D eigenvalue weighted by Gasteiger charge is -2.47. The summed E-state index contributed by atoms with van der Waals surface area (Å²) in [7, 11) is 1.32. The average Bonchev–Trinajstić information content (AvgIpc) is 3.53. The topological polar surface area (TPSA) is 138 Å². The van der Waals surface area contributed by atoms with E-state index in [1.54, 1.807) is 6.92 Å². The van der Waals surface area contributed by atoms with Crippen molar-refractivity contribution in [3.8, 4) is 16.9 Å². The summed E-state index contributed by atoms with van der Waals surface area (Å²) in [6, 6.07) is 11.0. The number of aliphatic hydroxyl groups is 1. The summed E-state index contributed by atoms with van der Waals surface area (Å²) in [5, 5.41) is 9.35. The maximum atomic E-state index is 13.5. The number of nitrogens with zero attached hydrogens (tertiary/aromatic N) is 1. The normalized spacial score (nSPS) is 20.3. The minimum Gasteiger partial charge on any atom is -0.488 e. The summed E-state index contributed by atoms with van der Waals surface area (Å²) in [5.74, 6) is -3.74. The van der Waals surface area contributed by atoms with E-state index >= 15 is 0 Å². The summed E-state index contributed by atoms with van der Waals surface area (Å²) in [6.45, 7) is 10.6. The van der Waals surface area contributed by atoms with Gasteiger partial charge in [-0.1, -0.05) is 62.9 Å². The third-order valence-electron chi connectivity index (χ3n) is 8.99. The number of hydrogen-bond donors (Lipinski definition) is 1. The third kappa shape index (κ3) is 6.31. The van der Waals surface area contributed by atoms with Crippen molar-refractivity contribution < 1.29 is 48.3 Å². The fourth-order valence-corrected chi connectivity index (χ4v) is 6.66. The quantitative estimate of drug-likeness (QED) is 0.0478. The van der Waals surface area contributed by atoms with Gasteiger partial charge in [-0.25, -0.2) is 14.4 Å². The Morgan fingerprint density at radius 3 is 2.54 bits per heavy atom. The maximum Gasteiger partial charge on any atom is 0.355 e. The number of β-lactam (4-membered cyclic amide) rings is 1. The zero-order valence-electron chi connectivity index (χ0n) is 27.2. The number of carbonyl (C=O) groups is 4. The van der Waals surface area contributed by atoms with Crippen LogP contribution >= 0.6 is 0 Å². The highest BCUT2D eigenvalue weighted by Crippen LogP contribution is 2.51. The van der Waals surface area contributed by atoms with Crippen molar-refractivity contribution in [3.05, 3.63) is 95.7 Å². The van der Waals surface area contributed by atoms with Gasteiger partial charge in [0.2, 0.25) is 5.91 Å². The number of benzene rings is 2. The molecule has 2 aliphatic heterocycles. The highest BCUT2D eigenvalue weighted by atomic mass is 17.2. The molecular formula is C37H39NO10. The van der Waals surface area contributed by atoms with Crippen molar-refractivity contribution in [1.29, 1.82) is 0 Å². The number of ether oxygens (including phenoxy) is 3. The molecule has 1 fully saturated rings. The molecule has 2 aromatic carbocycles. The first-order valence-corrected chi connectivity index (χ1v) is 15.8. The van der Waals surface area contributed by atoms with Crippen LogP contribution in [0.4, 0.5) is 0 Å². The molecule has 3 aliphatic rings. The molecule has 2 aromatic rings. The first-order valence-electron chi connectivity index (χ1n) is 15.8. The molecular weight excluding hydrogens is 618 g/mol. The number of aliphatic hydroxyl groups excluding tert-OH is 1. The number of methoxy groups -OCH3 is 1. The number of aryl methyl sites for hydroxylation is 1. The van der Waals surface area contributed by atoms with Crippen molar-refractivity contribution in [2.24, 2.45) is 17.8 Å². The molecule has 4 atom stereocenters. The van der Waals surface area contributed by atoms with Crippen LogP contribution in [0, 0.1) is 17.8 Å². The zero-order valence-corrected chi connectivity index (χ0v) is 27.2. The van der Waals surface area contributed by atoms with E-state index in [1.165, 1.54) is 30.2 Å². The molecule has 0 bridgehead atoms. The molecule has 11 nitrogen and oxygen atoms in total. The second kappa shape index (κ2) is 14.8. The molecule has 1 amide bonds. The van der Waals surface area contributed by atoms with E-state index in [1.807, 2.05) is 43.3 Å². The van der Waals surface area contributed by atoms with Gasteiger partial charge in [0.05, 0.1) is 25.0 Å². The summed E-state index contributed by atoms with van der Waals surface area (Å²) in [5.41, 5.74) is 5.56. The van der Waals surface area contributed by atoms with Crippen molar-refractivity contribution in [2.75, 3.05) is 33.5 Å². The molecule has 0 radical (unpaired) electrons. The first-order chi connectivity index (χ1) is 23.2. The molecule has 5 rings (SSSR count). The fraction of sp³-hybridized carbons (Fsp3) is 0.351. The summed E-state index contributed by atoms with van der Waals surface area (Å²) < 4.78 is 16.8. The van der Waals surface area contributed by atoms with Gasteiger partial charge in [0.25, 0.3) is 0 Å². The minimum atomic E-state index is -0.840. The third-order valence-corrected chi connectivity index (χ3v) is 8.99. The molecule has 1 N–H and O–H groups in total. The van der Waals surface area contributed by atoms with Gasteiger partial charge >= 0.3 is 17.9 Å². The van der Waals surface area contributed by atoms with E-state index in [0.717, 1.165) is 27.8 Å². The van der Waals surface area contributed by atoms with Crippen molar-refractivity contribution in [2.45, 2.75) is 32.7 Å². The molecule has 252 valence electrons. The van der Waals surface area contributed by atoms with E-state index in [9.17, 15) is 24.3 Å². The predicted octanol–water partition coefficient (Wildman–Crippen LogP) is 4.33. The molecule has 3 unspecified atom stereocenters. The van der Waals surface area contributed by atoms with Gasteiger partial charge in [-0.15, -0.1) is 6.58 Å². The highest BCUT2D eigenvalue weighted by Gasteiger charge is 2.61. The standard InChI is InChI=1S/C37H39NO10/c1-6-16-45-37(43)34-28(21(3)33-31(35(41)38(33)34)22(4)36(42)48-47-17-7-2)20-46-29-12-8-11-24-27(19-30(40)44-5)26-18-23(10-9-15-39)13-14-25(26)32(24)29/h6-8,11-14,18-19,21-22,31,33,39H,1-2,9-10,15-17,20H2,3-5H3/t21-,22?,31?,33?/m0/s1. The Labute approximate surface area is 279 Å². The first kappa shape index (κ1) is 34.3. The highest BCUT2D eigenvalue weighted by molar-refractivity contribution is 6.08. The molecule has 1 aliphatic carbocycles. The predicted molar refractivity (Wildman–Crippen MR) is 175 cm³/mol. The lowest BCUT2D eigenvalue weighted by molar-refractivity contribution is -0.271. The summed E-state index contributed by atoms with van der Waals surface area (Å²) in [4.78, 5) is 63.1. The molecule has 0 saturated carbocycles. The van der Waals surface area contributed by atoms with Crippen LogP contribution < -0.4 is 4.74 Å². The summed E-state index contributed by atoms with van der Waals surface area (Å²) in [6.07, 6.45) is 5.58. The van der Waals surface area contributed by atoms with Crippen LogP contribution in [0.15, 0.2) is 79.1 Å². The fourth-order valence-electron chi connectivity index (χ4n) is 6.66. The number of amides is 1. The van der Waals surface area contributed by atoms with Gasteiger partial charge in [-0.3, -0.25) is 9.68 Å². The van der Waals surface area contributed by atoms with Gasteiger partial charge in [0, 0.05) is 29.7 Å². The Morgan fingerprint density at radius 1 is 1.06 bits per heavy atom. The Bertz CT molecular complexity index is 1710. The number of fused-ring (bicyclic) bond motifs is 4. The van der Waals surface area contributed by atoms with E-state index in [-0.39, 0.29) is 38.0 Å². The molecule has 2 heterocycles. The van der Waals surface area contributed by atoms with E-state index in [2.05, 4.69) is 13.2 Å². The number of rotatable bonds is 15. The Balaban J connectivity index is 1.48. The van der Waals surface area contributed by atoms with Gasteiger partial charge < -0.3 is 24.2 Å². The molecule has 0 aromatic heterocycles. The zero-order chi connectivity index (χ0) is 34.5. The SMILES string of the molecule is C=CCOOC(=O)C(C)C1C(=O)N2C(C(=O)OCC=C)=C(COc3cccc4c3-c3ccc(CCCO)cc3C4=CC(=O)OC)[C@H](C)C12. The molecule has 0 spiro atoms. The van der Waals surface area contributed by atoms with Crippen LogP contribution in [0.3, 0.4) is 0 Å². The van der Waals surface area contributed by atoms with Crippen LogP contribution in [0.2, 0.25) is 0 Å². The second-order valence-corrected chi connectivity index (χ2v) is 11.8. The van der Waals surface area contributed by atoms with Crippen LogP contribution in [0.25, 0.3) is 16.7 Å². The monoisotopic (exact) mass is 657 g/mol. The minimum absolute atomic E-state index is 0.00385. The number of carbonyl (C=O) groups excluding carboxylic acids is 4. The smallest absolute Gasteiger partial charge is 0.355 e. The van der Waals surface area contributed by atoms with Crippen LogP contribution in [-0.4, -0.2) is 73.4 Å². The largest absolute Gasteiger partial charge is 0.488 e. The van der Waals surface area contributed by atoms with Crippen LogP contribution in [-0.2, 0) is 44.8 Å². The Morgan fingerprint density at radius 2 is 1.83 bits per heavy atom. The average molecular weight is 658 g/mol. The maximum absolute atomic E-state index is 13.5. The lowest BCUT2D eigenvalue weighted by Crippen LogP contribution is -2.63. The Hall–Kier alpha value is -5.00. The van der Waals surface area contributed by atoms with E-state index in [4.69, 9.17) is 24.0 Å². The number of esters is 2. The lowest BCUT2D eigenvalue weighted by atomic mass is 9.74. The van der Waals surface area contributed by atoms with Gasteiger partial charge in [-0.05, 0) is 46.7 Å². The van der Waals surface area contributed by atoms with Gasteiger partial charge in [0.1, 0.15) is 31.3 Å². The molecule has 1 saturated heterocycles. The summed E-state index contributed by atoms with van der Waals surface area (Å²) >= 11 is 0. The molecule has 48 heavy (non-hydrogen) atoms. The van der Waals surface area contributed by atoms with Gasteiger partial charge in [0.15, 0.2) is 0 Å². The van der Waals surface area contributed by atoms with Crippen molar-refractivity contribution >= 4 is 29.4 Å². The molecule has 11 heteroatoms. The van der Waals surface area contributed by atoms with Crippen LogP contribution in [0.5, 0.6) is 5.75 Å². The van der Waals surface area contributed by atoms with Crippen molar-refractivity contribution in [3.63, 3.8) is 0 Å². The Kier molecular flexibility index (Phi) is 10.6.